The second-order valence-corrected chi connectivity index (χ2v) is 3.41. The molecule has 18 heavy (non-hydrogen) atoms. The van der Waals surface area contributed by atoms with Gasteiger partial charge in [-0.25, -0.2) is 9.59 Å². The van der Waals surface area contributed by atoms with Crippen molar-refractivity contribution in [3.05, 3.63) is 0 Å². The minimum absolute atomic E-state index is 0.248. The molecule has 1 unspecified atom stereocenters. The zero-order chi connectivity index (χ0) is 14.7. The number of aliphatic carboxylic acids is 1. The van der Waals surface area contributed by atoms with Crippen molar-refractivity contribution in [2.75, 3.05) is 12.4 Å². The quantitative estimate of drug-likeness (QED) is 0.360. The van der Waals surface area contributed by atoms with Crippen LogP contribution in [0.2, 0.25) is 0 Å². The van der Waals surface area contributed by atoms with Crippen molar-refractivity contribution < 1.29 is 29.0 Å². The van der Waals surface area contributed by atoms with E-state index in [1.165, 1.54) is 6.92 Å². The lowest BCUT2D eigenvalue weighted by atomic mass is 10.3. The van der Waals surface area contributed by atoms with Gasteiger partial charge < -0.3 is 15.2 Å². The number of carbonyl (C=O) groups excluding carboxylic acids is 3. The predicted molar refractivity (Wildman–Crippen MR) is 66.4 cm³/mol. The van der Waals surface area contributed by atoms with Gasteiger partial charge in [-0.1, -0.05) is 0 Å². The molecule has 0 bridgehead atoms. The molecule has 104 valence electrons. The van der Waals surface area contributed by atoms with Gasteiger partial charge in [-0.2, -0.15) is 12.6 Å². The first kappa shape index (κ1) is 18.8. The molecule has 0 saturated heterocycles. The molecular formula is C10H17NO6S. The highest BCUT2D eigenvalue weighted by molar-refractivity contribution is 7.80. The molecule has 0 rings (SSSR count). The molecule has 1 amide bonds. The smallest absolute Gasteiger partial charge is 0.371 e. The van der Waals surface area contributed by atoms with Crippen LogP contribution in [0.1, 0.15) is 20.8 Å². The van der Waals surface area contributed by atoms with E-state index in [-0.39, 0.29) is 11.7 Å². The zero-order valence-corrected chi connectivity index (χ0v) is 11.3. The SMILES string of the molecule is CC(=O)C(=O)O.CCOC(=O)C(CS)NC(C)=O. The highest BCUT2D eigenvalue weighted by atomic mass is 32.1. The van der Waals surface area contributed by atoms with E-state index in [9.17, 15) is 19.2 Å². The number of hydrogen-bond acceptors (Lipinski definition) is 6. The topological polar surface area (TPSA) is 110 Å². The van der Waals surface area contributed by atoms with Gasteiger partial charge in [0.05, 0.1) is 6.61 Å². The fourth-order valence-electron chi connectivity index (χ4n) is 0.667. The molecule has 0 aliphatic heterocycles. The summed E-state index contributed by atoms with van der Waals surface area (Å²) in [6, 6.07) is -0.634. The Morgan fingerprint density at radius 2 is 1.72 bits per heavy atom. The number of esters is 1. The number of ether oxygens (including phenoxy) is 1. The molecule has 0 saturated carbocycles. The van der Waals surface area contributed by atoms with Gasteiger partial charge in [-0.3, -0.25) is 9.59 Å². The zero-order valence-electron chi connectivity index (χ0n) is 10.4. The summed E-state index contributed by atoms with van der Waals surface area (Å²) in [5.41, 5.74) is 0. The number of thiol groups is 1. The van der Waals surface area contributed by atoms with Gasteiger partial charge in [-0.05, 0) is 6.92 Å². The van der Waals surface area contributed by atoms with E-state index < -0.39 is 23.8 Å². The van der Waals surface area contributed by atoms with Crippen LogP contribution in [-0.2, 0) is 23.9 Å². The van der Waals surface area contributed by atoms with Gasteiger partial charge in [0.15, 0.2) is 0 Å². The van der Waals surface area contributed by atoms with E-state index in [1.54, 1.807) is 6.92 Å². The Morgan fingerprint density at radius 3 is 1.94 bits per heavy atom. The third kappa shape index (κ3) is 10.9. The number of rotatable bonds is 5. The minimum atomic E-state index is -1.38. The van der Waals surface area contributed by atoms with E-state index in [0.29, 0.717) is 6.61 Å². The number of hydrogen-bond donors (Lipinski definition) is 3. The van der Waals surface area contributed by atoms with Crippen molar-refractivity contribution in [1.82, 2.24) is 5.32 Å². The van der Waals surface area contributed by atoms with Crippen LogP contribution >= 0.6 is 12.6 Å². The molecule has 0 aromatic rings. The van der Waals surface area contributed by atoms with Crippen molar-refractivity contribution in [2.45, 2.75) is 26.8 Å². The maximum absolute atomic E-state index is 11.0. The molecule has 0 spiro atoms. The summed E-state index contributed by atoms with van der Waals surface area (Å²) in [5, 5.41) is 10.1. The molecule has 1 atom stereocenters. The van der Waals surface area contributed by atoms with Gasteiger partial charge >= 0.3 is 11.9 Å². The van der Waals surface area contributed by atoms with Gasteiger partial charge in [0, 0.05) is 19.6 Å². The molecule has 7 nitrogen and oxygen atoms in total. The van der Waals surface area contributed by atoms with Gasteiger partial charge in [0.2, 0.25) is 11.7 Å². The molecule has 0 aromatic carbocycles. The summed E-state index contributed by atoms with van der Waals surface area (Å²) in [4.78, 5) is 40.5. The van der Waals surface area contributed by atoms with Crippen LogP contribution in [0.25, 0.3) is 0 Å². The Bertz CT molecular complexity index is 305. The molecular weight excluding hydrogens is 262 g/mol. The van der Waals surface area contributed by atoms with Gasteiger partial charge in [-0.15, -0.1) is 0 Å². The highest BCUT2D eigenvalue weighted by Gasteiger charge is 2.18. The molecule has 0 aliphatic rings. The van der Waals surface area contributed by atoms with Crippen LogP contribution < -0.4 is 5.32 Å². The number of carbonyl (C=O) groups is 4. The standard InChI is InChI=1S/C7H13NO3S.C3H4O3/c1-3-11-7(10)6(4-12)8-5(2)9;1-2(4)3(5)6/h6,12H,3-4H2,1-2H3,(H,8,9);1H3,(H,5,6). The van der Waals surface area contributed by atoms with E-state index in [2.05, 4.69) is 17.9 Å². The third-order valence-corrected chi connectivity index (χ3v) is 1.80. The molecule has 0 heterocycles. The fraction of sp³-hybridized carbons (Fsp3) is 0.600. The maximum atomic E-state index is 11.0. The number of carboxylic acid groups (broad SMARTS) is 1. The second kappa shape index (κ2) is 10.6. The van der Waals surface area contributed by atoms with Crippen LogP contribution in [0.5, 0.6) is 0 Å². The Hall–Kier alpha value is -1.57. The van der Waals surface area contributed by atoms with E-state index in [1.807, 2.05) is 0 Å². The average molecular weight is 279 g/mol. The van der Waals surface area contributed by atoms with Crippen LogP contribution in [0, 0.1) is 0 Å². The van der Waals surface area contributed by atoms with Crippen molar-refractivity contribution in [3.8, 4) is 0 Å². The summed E-state index contributed by atoms with van der Waals surface area (Å²) in [6.07, 6.45) is 0. The molecule has 0 radical (unpaired) electrons. The summed E-state index contributed by atoms with van der Waals surface area (Å²) in [5.74, 6) is -2.66. The van der Waals surface area contributed by atoms with Crippen molar-refractivity contribution in [2.24, 2.45) is 0 Å². The largest absolute Gasteiger partial charge is 0.476 e. The summed E-state index contributed by atoms with van der Waals surface area (Å²) in [7, 11) is 0. The number of nitrogens with one attached hydrogen (secondary N) is 1. The number of Topliss-reactive ketones (excluding diaryl/α,β-unsaturated/α-hetero) is 1. The van der Waals surface area contributed by atoms with Crippen molar-refractivity contribution in [1.29, 1.82) is 0 Å². The lowest BCUT2D eigenvalue weighted by Gasteiger charge is -2.12. The van der Waals surface area contributed by atoms with Crippen LogP contribution in [0.3, 0.4) is 0 Å². The molecule has 0 fully saturated rings. The Labute approximate surface area is 110 Å². The normalized spacial score (nSPS) is 10.4. The predicted octanol–water partition coefficient (Wildman–Crippen LogP) is -0.356. The highest BCUT2D eigenvalue weighted by Crippen LogP contribution is 1.92. The monoisotopic (exact) mass is 279 g/mol. The van der Waals surface area contributed by atoms with Gasteiger partial charge in [0.25, 0.3) is 0 Å². The van der Waals surface area contributed by atoms with Crippen LogP contribution in [0.15, 0.2) is 0 Å². The Balaban J connectivity index is 0. The third-order valence-electron chi connectivity index (χ3n) is 1.43. The average Bonchev–Trinajstić information content (AvgIpc) is 2.26. The van der Waals surface area contributed by atoms with E-state index in [4.69, 9.17) is 9.84 Å². The van der Waals surface area contributed by atoms with Crippen LogP contribution in [-0.4, -0.2) is 47.1 Å². The lowest BCUT2D eigenvalue weighted by Crippen LogP contribution is -2.42. The Morgan fingerprint density at radius 1 is 1.28 bits per heavy atom. The summed E-state index contributed by atoms with van der Waals surface area (Å²) in [6.45, 7) is 4.36. The lowest BCUT2D eigenvalue weighted by molar-refractivity contribution is -0.148. The summed E-state index contributed by atoms with van der Waals surface area (Å²) >= 11 is 3.91. The maximum Gasteiger partial charge on any atom is 0.371 e. The van der Waals surface area contributed by atoms with E-state index in [0.717, 1.165) is 6.92 Å². The second-order valence-electron chi connectivity index (χ2n) is 3.05. The molecule has 8 heteroatoms. The van der Waals surface area contributed by atoms with Crippen LogP contribution in [0.4, 0.5) is 0 Å². The van der Waals surface area contributed by atoms with Crippen molar-refractivity contribution in [3.63, 3.8) is 0 Å². The first-order valence-electron chi connectivity index (χ1n) is 5.04. The number of amides is 1. The molecule has 0 aliphatic carbocycles. The first-order valence-corrected chi connectivity index (χ1v) is 5.67. The number of carboxylic acids is 1. The fourth-order valence-corrected chi connectivity index (χ4v) is 0.908. The number of ketones is 1. The first-order chi connectivity index (χ1) is 8.26. The molecule has 2 N–H and O–H groups in total. The minimum Gasteiger partial charge on any atom is -0.476 e. The van der Waals surface area contributed by atoms with E-state index >= 15 is 0 Å². The Kier molecular flexibility index (Phi) is 11.0. The van der Waals surface area contributed by atoms with Crippen molar-refractivity contribution >= 4 is 36.3 Å². The molecule has 0 aromatic heterocycles. The summed E-state index contributed by atoms with van der Waals surface area (Å²) < 4.78 is 4.69. The van der Waals surface area contributed by atoms with Gasteiger partial charge in [0.1, 0.15) is 6.04 Å².